The van der Waals surface area contributed by atoms with Crippen LogP contribution in [0.4, 0.5) is 4.79 Å². The second kappa shape index (κ2) is 11.0. The Labute approximate surface area is 188 Å². The lowest BCUT2D eigenvalue weighted by Gasteiger charge is -2.22. The first-order valence-corrected chi connectivity index (χ1v) is 12.2. The van der Waals surface area contributed by atoms with Gasteiger partial charge in [-0.15, -0.1) is 0 Å². The molecule has 1 aliphatic carbocycles. The topological polar surface area (TPSA) is 114 Å². The van der Waals surface area contributed by atoms with Crippen molar-refractivity contribution >= 4 is 22.0 Å². The van der Waals surface area contributed by atoms with Crippen molar-refractivity contribution in [2.24, 2.45) is 0 Å². The van der Waals surface area contributed by atoms with Gasteiger partial charge in [-0.2, -0.15) is 0 Å². The zero-order valence-electron chi connectivity index (χ0n) is 18.1. The highest BCUT2D eigenvalue weighted by Crippen LogP contribution is 2.17. The summed E-state index contributed by atoms with van der Waals surface area (Å²) in [5.41, 5.74) is 1.58. The SMILES string of the molecule is COc1cccc(CC(=O)NCc2ccc(S(=O)(=O)NC(=O)NC3CCCCC3)cc2)c1. The molecule has 0 bridgehead atoms. The average Bonchev–Trinajstić information content (AvgIpc) is 2.78. The van der Waals surface area contributed by atoms with Gasteiger partial charge in [0.2, 0.25) is 5.91 Å². The van der Waals surface area contributed by atoms with Crippen LogP contribution in [0.5, 0.6) is 5.75 Å². The lowest BCUT2D eigenvalue weighted by atomic mass is 9.96. The van der Waals surface area contributed by atoms with E-state index < -0.39 is 16.1 Å². The first kappa shape index (κ1) is 23.6. The van der Waals surface area contributed by atoms with E-state index in [1.807, 2.05) is 18.2 Å². The van der Waals surface area contributed by atoms with Crippen LogP contribution in [-0.4, -0.2) is 33.5 Å². The Hall–Kier alpha value is -3.07. The molecule has 2 aromatic rings. The van der Waals surface area contributed by atoms with Gasteiger partial charge in [-0.3, -0.25) is 4.79 Å². The molecule has 0 unspecified atom stereocenters. The molecule has 172 valence electrons. The molecule has 0 aromatic heterocycles. The fourth-order valence-electron chi connectivity index (χ4n) is 3.66. The molecule has 0 heterocycles. The molecule has 2 aromatic carbocycles. The minimum atomic E-state index is -3.97. The molecule has 0 saturated heterocycles. The Bertz CT molecular complexity index is 1030. The number of benzene rings is 2. The number of hydrogen-bond donors (Lipinski definition) is 3. The number of methoxy groups -OCH3 is 1. The standard InChI is InChI=1S/C23H29N3O5S/c1-31-20-9-5-6-18(14-20)15-22(27)24-16-17-10-12-21(13-11-17)32(29,30)26-23(28)25-19-7-3-2-4-8-19/h5-6,9-14,19H,2-4,7-8,15-16H2,1H3,(H,24,27)(H2,25,26,28). The number of amides is 3. The fraction of sp³-hybridized carbons (Fsp3) is 0.391. The van der Waals surface area contributed by atoms with Crippen LogP contribution in [0.3, 0.4) is 0 Å². The van der Waals surface area contributed by atoms with E-state index in [2.05, 4.69) is 15.4 Å². The summed E-state index contributed by atoms with van der Waals surface area (Å²) >= 11 is 0. The Kier molecular flexibility index (Phi) is 8.10. The molecule has 3 rings (SSSR count). The Morgan fingerprint density at radius 3 is 2.41 bits per heavy atom. The molecule has 1 aliphatic rings. The molecular formula is C23H29N3O5S. The number of rotatable bonds is 8. The molecule has 0 radical (unpaired) electrons. The summed E-state index contributed by atoms with van der Waals surface area (Å²) in [6.45, 7) is 0.263. The summed E-state index contributed by atoms with van der Waals surface area (Å²) in [6, 6.07) is 12.6. The fourth-order valence-corrected chi connectivity index (χ4v) is 4.58. The van der Waals surface area contributed by atoms with Gasteiger partial charge in [0.15, 0.2) is 0 Å². The number of carbonyl (C=O) groups is 2. The quantitative estimate of drug-likeness (QED) is 0.562. The number of carbonyl (C=O) groups excluding carboxylic acids is 2. The van der Waals surface area contributed by atoms with Crippen molar-refractivity contribution in [2.75, 3.05) is 7.11 Å². The second-order valence-electron chi connectivity index (χ2n) is 7.86. The second-order valence-corrected chi connectivity index (χ2v) is 9.55. The van der Waals surface area contributed by atoms with E-state index in [4.69, 9.17) is 4.74 Å². The van der Waals surface area contributed by atoms with Crippen molar-refractivity contribution in [1.82, 2.24) is 15.4 Å². The molecule has 32 heavy (non-hydrogen) atoms. The molecule has 3 amide bonds. The van der Waals surface area contributed by atoms with Gasteiger partial charge in [0.25, 0.3) is 10.0 Å². The van der Waals surface area contributed by atoms with Crippen LogP contribution in [0.2, 0.25) is 0 Å². The van der Waals surface area contributed by atoms with E-state index in [1.54, 1.807) is 25.3 Å². The monoisotopic (exact) mass is 459 g/mol. The van der Waals surface area contributed by atoms with E-state index in [-0.39, 0.29) is 29.8 Å². The van der Waals surface area contributed by atoms with E-state index in [1.165, 1.54) is 12.1 Å². The maximum absolute atomic E-state index is 12.5. The molecular weight excluding hydrogens is 430 g/mol. The zero-order valence-corrected chi connectivity index (χ0v) is 18.9. The number of hydrogen-bond acceptors (Lipinski definition) is 5. The summed E-state index contributed by atoms with van der Waals surface area (Å²) in [6.07, 6.45) is 5.16. The van der Waals surface area contributed by atoms with Crippen molar-refractivity contribution in [2.45, 2.75) is 56.0 Å². The molecule has 8 nitrogen and oxygen atoms in total. The van der Waals surface area contributed by atoms with Gasteiger partial charge in [0.05, 0.1) is 18.4 Å². The number of ether oxygens (including phenoxy) is 1. The number of nitrogens with one attached hydrogen (secondary N) is 3. The molecule has 0 aliphatic heterocycles. The van der Waals surface area contributed by atoms with E-state index in [0.29, 0.717) is 5.75 Å². The van der Waals surface area contributed by atoms with Crippen molar-refractivity contribution < 1.29 is 22.7 Å². The highest BCUT2D eigenvalue weighted by molar-refractivity contribution is 7.90. The third-order valence-electron chi connectivity index (χ3n) is 5.39. The number of sulfonamides is 1. The molecule has 0 atom stereocenters. The molecule has 1 fully saturated rings. The van der Waals surface area contributed by atoms with Crippen LogP contribution >= 0.6 is 0 Å². The van der Waals surface area contributed by atoms with E-state index in [0.717, 1.165) is 43.2 Å². The van der Waals surface area contributed by atoms with Crippen molar-refractivity contribution in [3.05, 3.63) is 59.7 Å². The number of urea groups is 1. The first-order chi connectivity index (χ1) is 15.4. The van der Waals surface area contributed by atoms with E-state index >= 15 is 0 Å². The van der Waals surface area contributed by atoms with Gasteiger partial charge >= 0.3 is 6.03 Å². The predicted molar refractivity (Wildman–Crippen MR) is 121 cm³/mol. The highest BCUT2D eigenvalue weighted by Gasteiger charge is 2.21. The van der Waals surface area contributed by atoms with Crippen LogP contribution in [-0.2, 0) is 27.8 Å². The predicted octanol–water partition coefficient (Wildman–Crippen LogP) is 2.87. The lowest BCUT2D eigenvalue weighted by Crippen LogP contribution is -2.45. The van der Waals surface area contributed by atoms with E-state index in [9.17, 15) is 18.0 Å². The molecule has 9 heteroatoms. The Morgan fingerprint density at radius 2 is 1.72 bits per heavy atom. The minimum Gasteiger partial charge on any atom is -0.497 e. The Balaban J connectivity index is 1.49. The third-order valence-corrected chi connectivity index (χ3v) is 6.74. The summed E-state index contributed by atoms with van der Waals surface area (Å²) < 4.78 is 32.2. The van der Waals surface area contributed by atoms with Crippen molar-refractivity contribution in [3.8, 4) is 5.75 Å². The van der Waals surface area contributed by atoms with Crippen LogP contribution in [0.25, 0.3) is 0 Å². The maximum Gasteiger partial charge on any atom is 0.328 e. The zero-order chi connectivity index (χ0) is 23.0. The Morgan fingerprint density at radius 1 is 1.00 bits per heavy atom. The van der Waals surface area contributed by atoms with Gasteiger partial charge in [0.1, 0.15) is 5.75 Å². The molecule has 1 saturated carbocycles. The summed E-state index contributed by atoms with van der Waals surface area (Å²) in [5, 5.41) is 5.54. The largest absolute Gasteiger partial charge is 0.497 e. The average molecular weight is 460 g/mol. The van der Waals surface area contributed by atoms with Gasteiger partial charge in [-0.05, 0) is 48.2 Å². The smallest absolute Gasteiger partial charge is 0.328 e. The van der Waals surface area contributed by atoms with Crippen LogP contribution in [0, 0.1) is 0 Å². The molecule has 0 spiro atoms. The van der Waals surface area contributed by atoms with Gasteiger partial charge in [-0.1, -0.05) is 43.5 Å². The summed E-state index contributed by atoms with van der Waals surface area (Å²) in [7, 11) is -2.40. The van der Waals surface area contributed by atoms with Crippen LogP contribution in [0.15, 0.2) is 53.4 Å². The minimum absolute atomic E-state index is 0.0113. The molecule has 3 N–H and O–H groups in total. The van der Waals surface area contributed by atoms with Crippen molar-refractivity contribution in [3.63, 3.8) is 0 Å². The highest BCUT2D eigenvalue weighted by atomic mass is 32.2. The summed E-state index contributed by atoms with van der Waals surface area (Å²) in [4.78, 5) is 24.3. The van der Waals surface area contributed by atoms with Gasteiger partial charge < -0.3 is 15.4 Å². The summed E-state index contributed by atoms with van der Waals surface area (Å²) in [5.74, 6) is 0.532. The maximum atomic E-state index is 12.5. The normalized spacial score (nSPS) is 14.4. The first-order valence-electron chi connectivity index (χ1n) is 10.7. The van der Waals surface area contributed by atoms with Crippen LogP contribution < -0.4 is 20.1 Å². The van der Waals surface area contributed by atoms with Gasteiger partial charge in [-0.25, -0.2) is 17.9 Å². The third kappa shape index (κ3) is 6.98. The van der Waals surface area contributed by atoms with Crippen LogP contribution in [0.1, 0.15) is 43.2 Å². The lowest BCUT2D eigenvalue weighted by molar-refractivity contribution is -0.120. The van der Waals surface area contributed by atoms with Gasteiger partial charge in [0, 0.05) is 12.6 Å². The van der Waals surface area contributed by atoms with Crippen molar-refractivity contribution in [1.29, 1.82) is 0 Å².